The molecule has 0 N–H and O–H groups in total. The van der Waals surface area contributed by atoms with Crippen molar-refractivity contribution in [2.45, 2.75) is 50.6 Å². The molecule has 0 radical (unpaired) electrons. The Morgan fingerprint density at radius 2 is 2.04 bits per heavy atom. The Labute approximate surface area is 144 Å². The summed E-state index contributed by atoms with van der Waals surface area (Å²) in [7, 11) is 0. The number of hydrogen-bond donors (Lipinski definition) is 0. The van der Waals surface area contributed by atoms with Crippen LogP contribution in [0.5, 0.6) is 0 Å². The average molecular weight is 344 g/mol. The van der Waals surface area contributed by atoms with Gasteiger partial charge in [0.2, 0.25) is 5.89 Å². The predicted molar refractivity (Wildman–Crippen MR) is 94.1 cm³/mol. The predicted octanol–water partition coefficient (Wildman–Crippen LogP) is 3.43. The third-order valence-electron chi connectivity index (χ3n) is 3.71. The maximum absolute atomic E-state index is 12.8. The van der Waals surface area contributed by atoms with Crippen LogP contribution in [0, 0.1) is 0 Å². The summed E-state index contributed by atoms with van der Waals surface area (Å²) in [6.45, 7) is 4.76. The van der Waals surface area contributed by atoms with Crippen molar-refractivity contribution in [2.75, 3.05) is 0 Å². The Balaban J connectivity index is 1.93. The lowest BCUT2D eigenvalue weighted by Crippen LogP contribution is -2.23. The SMILES string of the molecule is CCCCn1c(SCc2nc(CC)no2)nc2ccccc2c1=O. The monoisotopic (exact) mass is 344 g/mol. The van der Waals surface area contributed by atoms with Crippen LogP contribution in [0.4, 0.5) is 0 Å². The second-order valence-electron chi connectivity index (χ2n) is 5.47. The first-order chi connectivity index (χ1) is 11.7. The van der Waals surface area contributed by atoms with E-state index in [4.69, 9.17) is 4.52 Å². The Bertz CT molecular complexity index is 888. The van der Waals surface area contributed by atoms with E-state index in [0.717, 1.165) is 24.8 Å². The Hall–Kier alpha value is -2.15. The van der Waals surface area contributed by atoms with Crippen LogP contribution < -0.4 is 5.56 Å². The van der Waals surface area contributed by atoms with E-state index in [1.54, 1.807) is 4.57 Å². The Kier molecular flexibility index (Phi) is 5.30. The highest BCUT2D eigenvalue weighted by atomic mass is 32.2. The molecule has 0 aliphatic heterocycles. The summed E-state index contributed by atoms with van der Waals surface area (Å²) >= 11 is 1.46. The molecule has 2 aromatic heterocycles. The quantitative estimate of drug-likeness (QED) is 0.483. The highest BCUT2D eigenvalue weighted by Crippen LogP contribution is 2.22. The minimum Gasteiger partial charge on any atom is -0.338 e. The maximum Gasteiger partial charge on any atom is 0.262 e. The molecule has 24 heavy (non-hydrogen) atoms. The van der Waals surface area contributed by atoms with Gasteiger partial charge in [-0.05, 0) is 18.6 Å². The number of fused-ring (bicyclic) bond motifs is 1. The van der Waals surface area contributed by atoms with Crippen LogP contribution in [0.1, 0.15) is 38.4 Å². The van der Waals surface area contributed by atoms with Gasteiger partial charge in [0.15, 0.2) is 11.0 Å². The van der Waals surface area contributed by atoms with E-state index >= 15 is 0 Å². The van der Waals surface area contributed by atoms with Gasteiger partial charge in [0.25, 0.3) is 5.56 Å². The van der Waals surface area contributed by atoms with Gasteiger partial charge in [-0.3, -0.25) is 9.36 Å². The minimum atomic E-state index is 0.0105. The highest BCUT2D eigenvalue weighted by Gasteiger charge is 2.13. The lowest BCUT2D eigenvalue weighted by atomic mass is 10.2. The smallest absolute Gasteiger partial charge is 0.262 e. The van der Waals surface area contributed by atoms with Crippen LogP contribution in [-0.2, 0) is 18.7 Å². The van der Waals surface area contributed by atoms with Gasteiger partial charge in [0, 0.05) is 13.0 Å². The van der Waals surface area contributed by atoms with Crippen molar-refractivity contribution in [3.8, 4) is 0 Å². The van der Waals surface area contributed by atoms with E-state index in [1.807, 2.05) is 31.2 Å². The summed E-state index contributed by atoms with van der Waals surface area (Å²) < 4.78 is 6.98. The van der Waals surface area contributed by atoms with Crippen molar-refractivity contribution in [1.82, 2.24) is 19.7 Å². The van der Waals surface area contributed by atoms with Gasteiger partial charge in [-0.15, -0.1) is 0 Å². The van der Waals surface area contributed by atoms with Gasteiger partial charge >= 0.3 is 0 Å². The van der Waals surface area contributed by atoms with E-state index in [-0.39, 0.29) is 5.56 Å². The summed E-state index contributed by atoms with van der Waals surface area (Å²) in [5.41, 5.74) is 0.730. The van der Waals surface area contributed by atoms with E-state index in [1.165, 1.54) is 11.8 Å². The van der Waals surface area contributed by atoms with Crippen LogP contribution in [-0.4, -0.2) is 19.7 Å². The summed E-state index contributed by atoms with van der Waals surface area (Å²) in [6, 6.07) is 7.46. The number of thioether (sulfide) groups is 1. The second kappa shape index (κ2) is 7.61. The number of para-hydroxylation sites is 1. The van der Waals surface area contributed by atoms with Crippen molar-refractivity contribution in [2.24, 2.45) is 0 Å². The molecule has 2 heterocycles. The zero-order valence-electron chi connectivity index (χ0n) is 13.9. The summed E-state index contributed by atoms with van der Waals surface area (Å²) in [5, 5.41) is 5.25. The van der Waals surface area contributed by atoms with E-state index in [2.05, 4.69) is 22.0 Å². The summed E-state index contributed by atoms with van der Waals surface area (Å²) in [5.74, 6) is 1.76. The Morgan fingerprint density at radius 1 is 1.21 bits per heavy atom. The number of aryl methyl sites for hydroxylation is 1. The molecule has 3 aromatic rings. The van der Waals surface area contributed by atoms with Crippen LogP contribution in [0.15, 0.2) is 38.7 Å². The van der Waals surface area contributed by atoms with Crippen molar-refractivity contribution in [3.63, 3.8) is 0 Å². The van der Waals surface area contributed by atoms with E-state index in [9.17, 15) is 4.79 Å². The molecule has 7 heteroatoms. The lowest BCUT2D eigenvalue weighted by molar-refractivity contribution is 0.385. The number of rotatable bonds is 7. The minimum absolute atomic E-state index is 0.0105. The van der Waals surface area contributed by atoms with Gasteiger partial charge < -0.3 is 4.52 Å². The van der Waals surface area contributed by atoms with Crippen molar-refractivity contribution in [1.29, 1.82) is 0 Å². The number of unbranched alkanes of at least 4 members (excludes halogenated alkanes) is 1. The molecule has 126 valence electrons. The zero-order chi connectivity index (χ0) is 16.9. The van der Waals surface area contributed by atoms with Gasteiger partial charge in [-0.2, -0.15) is 4.98 Å². The fraction of sp³-hybridized carbons (Fsp3) is 0.412. The first-order valence-electron chi connectivity index (χ1n) is 8.16. The highest BCUT2D eigenvalue weighted by molar-refractivity contribution is 7.98. The first kappa shape index (κ1) is 16.7. The average Bonchev–Trinajstić information content (AvgIpc) is 3.07. The van der Waals surface area contributed by atoms with E-state index < -0.39 is 0 Å². The topological polar surface area (TPSA) is 73.8 Å². The molecule has 0 spiro atoms. The number of aromatic nitrogens is 4. The van der Waals surface area contributed by atoms with Gasteiger partial charge in [-0.25, -0.2) is 4.98 Å². The number of hydrogen-bond acceptors (Lipinski definition) is 6. The van der Waals surface area contributed by atoms with E-state index in [0.29, 0.717) is 34.6 Å². The second-order valence-corrected chi connectivity index (χ2v) is 6.41. The molecule has 3 rings (SSSR count). The molecule has 0 aliphatic carbocycles. The molecule has 0 bridgehead atoms. The molecule has 0 saturated heterocycles. The number of nitrogens with zero attached hydrogens (tertiary/aromatic N) is 4. The zero-order valence-corrected chi connectivity index (χ0v) is 14.7. The maximum atomic E-state index is 12.8. The van der Waals surface area contributed by atoms with Crippen LogP contribution >= 0.6 is 11.8 Å². The molecule has 0 aliphatic rings. The third-order valence-corrected chi connectivity index (χ3v) is 4.67. The van der Waals surface area contributed by atoms with Gasteiger partial charge in [-0.1, -0.05) is 49.3 Å². The molecule has 0 atom stereocenters. The molecule has 0 amide bonds. The largest absolute Gasteiger partial charge is 0.338 e. The number of benzene rings is 1. The molecular weight excluding hydrogens is 324 g/mol. The van der Waals surface area contributed by atoms with Crippen LogP contribution in [0.25, 0.3) is 10.9 Å². The molecule has 0 fully saturated rings. The van der Waals surface area contributed by atoms with Gasteiger partial charge in [0.05, 0.1) is 16.7 Å². The lowest BCUT2D eigenvalue weighted by Gasteiger charge is -2.12. The van der Waals surface area contributed by atoms with Crippen LogP contribution in [0.3, 0.4) is 0 Å². The summed E-state index contributed by atoms with van der Waals surface area (Å²) in [4.78, 5) is 21.7. The van der Waals surface area contributed by atoms with Crippen molar-refractivity contribution >= 4 is 22.7 Å². The van der Waals surface area contributed by atoms with Crippen molar-refractivity contribution in [3.05, 3.63) is 46.3 Å². The fourth-order valence-electron chi connectivity index (χ4n) is 2.39. The molecule has 1 aromatic carbocycles. The molecular formula is C17H20N4O2S. The Morgan fingerprint density at radius 3 is 2.79 bits per heavy atom. The first-order valence-corrected chi connectivity index (χ1v) is 9.15. The van der Waals surface area contributed by atoms with Crippen LogP contribution in [0.2, 0.25) is 0 Å². The molecule has 0 unspecified atom stereocenters. The standard InChI is InChI=1S/C17H20N4O2S/c1-3-5-10-21-16(22)12-8-6-7-9-13(12)18-17(21)24-11-15-19-14(4-2)20-23-15/h6-9H,3-5,10-11H2,1-2H3. The normalized spacial score (nSPS) is 11.2. The summed E-state index contributed by atoms with van der Waals surface area (Å²) in [6.07, 6.45) is 2.70. The fourth-order valence-corrected chi connectivity index (χ4v) is 3.25. The van der Waals surface area contributed by atoms with Crippen molar-refractivity contribution < 1.29 is 4.52 Å². The third kappa shape index (κ3) is 3.51. The van der Waals surface area contributed by atoms with Gasteiger partial charge in [0.1, 0.15) is 0 Å². The molecule has 0 saturated carbocycles. The molecule has 6 nitrogen and oxygen atoms in total.